The Morgan fingerprint density at radius 1 is 1.03 bits per heavy atom. The van der Waals surface area contributed by atoms with Crippen molar-refractivity contribution in [3.05, 3.63) is 77.1 Å². The van der Waals surface area contributed by atoms with Crippen LogP contribution < -0.4 is 5.43 Å². The number of aromatic amines is 1. The zero-order valence-corrected chi connectivity index (χ0v) is 16.7. The maximum absolute atomic E-state index is 4.65. The number of hydrazone groups is 1. The number of nitrogens with one attached hydrogen (secondary N) is 2. The molecule has 0 bridgehead atoms. The first kappa shape index (κ1) is 18.0. The first-order chi connectivity index (χ1) is 14.7. The van der Waals surface area contributed by atoms with Crippen LogP contribution in [-0.2, 0) is 6.54 Å². The van der Waals surface area contributed by atoms with E-state index in [1.165, 1.54) is 5.56 Å². The Bertz CT molecular complexity index is 1360. The minimum Gasteiger partial charge on any atom is -0.338 e. The lowest BCUT2D eigenvalue weighted by Gasteiger charge is -2.04. The van der Waals surface area contributed by atoms with Crippen molar-refractivity contribution >= 4 is 34.2 Å². The van der Waals surface area contributed by atoms with E-state index in [0.29, 0.717) is 11.6 Å². The van der Waals surface area contributed by atoms with Crippen molar-refractivity contribution in [2.24, 2.45) is 5.10 Å². The summed E-state index contributed by atoms with van der Waals surface area (Å²) in [5, 5.41) is 18.4. The van der Waals surface area contributed by atoms with Crippen molar-refractivity contribution in [1.29, 1.82) is 0 Å². The van der Waals surface area contributed by atoms with E-state index in [2.05, 4.69) is 47.9 Å². The first-order valence-electron chi connectivity index (χ1n) is 9.67. The van der Waals surface area contributed by atoms with Crippen LogP contribution in [0.3, 0.4) is 0 Å². The molecule has 0 unspecified atom stereocenters. The number of para-hydroxylation sites is 1. The highest BCUT2D eigenvalue weighted by molar-refractivity contribution is 6.03. The normalized spacial score (nSPS) is 11.7. The summed E-state index contributed by atoms with van der Waals surface area (Å²) in [6, 6.07) is 18.2. The molecular formula is C22H20N8. The lowest BCUT2D eigenvalue weighted by molar-refractivity contribution is 0.659. The van der Waals surface area contributed by atoms with Crippen LogP contribution in [0.25, 0.3) is 22.1 Å². The van der Waals surface area contributed by atoms with Crippen molar-refractivity contribution < 1.29 is 0 Å². The summed E-state index contributed by atoms with van der Waals surface area (Å²) in [4.78, 5) is 7.73. The molecule has 0 saturated heterocycles. The Hall–Kier alpha value is -4.07. The predicted molar refractivity (Wildman–Crippen MR) is 118 cm³/mol. The van der Waals surface area contributed by atoms with Gasteiger partial charge in [0.1, 0.15) is 5.52 Å². The van der Waals surface area contributed by atoms with E-state index in [9.17, 15) is 0 Å². The quantitative estimate of drug-likeness (QED) is 0.348. The second-order valence-corrected chi connectivity index (χ2v) is 7.10. The molecule has 30 heavy (non-hydrogen) atoms. The number of aromatic nitrogens is 6. The zero-order chi connectivity index (χ0) is 20.5. The number of fused-ring (bicyclic) bond motifs is 3. The largest absolute Gasteiger partial charge is 0.338 e. The van der Waals surface area contributed by atoms with Crippen LogP contribution in [0.15, 0.2) is 59.7 Å². The summed E-state index contributed by atoms with van der Waals surface area (Å²) in [6.07, 6.45) is 1.75. The van der Waals surface area contributed by atoms with Gasteiger partial charge in [0.25, 0.3) is 5.95 Å². The van der Waals surface area contributed by atoms with Gasteiger partial charge in [0.2, 0.25) is 0 Å². The topological polar surface area (TPSA) is 96.7 Å². The van der Waals surface area contributed by atoms with Gasteiger partial charge in [-0.15, -0.1) is 10.2 Å². The molecule has 0 saturated carbocycles. The highest BCUT2D eigenvalue weighted by Crippen LogP contribution is 2.21. The summed E-state index contributed by atoms with van der Waals surface area (Å²) < 4.78 is 1.99. The van der Waals surface area contributed by atoms with Crippen molar-refractivity contribution in [1.82, 2.24) is 29.9 Å². The molecular weight excluding hydrogens is 376 g/mol. The van der Waals surface area contributed by atoms with Gasteiger partial charge in [-0.25, -0.2) is 5.43 Å². The van der Waals surface area contributed by atoms with Crippen LogP contribution in [0.1, 0.15) is 22.5 Å². The Labute approximate surface area is 172 Å². The third kappa shape index (κ3) is 3.28. The van der Waals surface area contributed by atoms with Crippen LogP contribution in [0.5, 0.6) is 0 Å². The number of nitrogens with zero attached hydrogens (tertiary/aromatic N) is 6. The molecule has 5 rings (SSSR count). The molecule has 0 aliphatic carbocycles. The van der Waals surface area contributed by atoms with Crippen LogP contribution in [-0.4, -0.2) is 36.2 Å². The molecule has 0 aliphatic rings. The predicted octanol–water partition coefficient (Wildman–Crippen LogP) is 3.81. The number of hydrogen-bond donors (Lipinski definition) is 2. The van der Waals surface area contributed by atoms with Crippen LogP contribution in [0.2, 0.25) is 0 Å². The Morgan fingerprint density at radius 3 is 2.70 bits per heavy atom. The number of H-pyrrole nitrogens is 1. The zero-order valence-electron chi connectivity index (χ0n) is 16.7. The van der Waals surface area contributed by atoms with Gasteiger partial charge in [-0.05, 0) is 25.5 Å². The maximum atomic E-state index is 4.65. The lowest BCUT2D eigenvalue weighted by atomic mass is 10.2. The average molecular weight is 396 g/mol. The summed E-state index contributed by atoms with van der Waals surface area (Å²) in [7, 11) is 0. The molecule has 5 aromatic rings. The van der Waals surface area contributed by atoms with E-state index in [-0.39, 0.29) is 0 Å². The number of rotatable bonds is 5. The van der Waals surface area contributed by atoms with Gasteiger partial charge < -0.3 is 4.98 Å². The Morgan fingerprint density at radius 2 is 1.83 bits per heavy atom. The first-order valence-corrected chi connectivity index (χ1v) is 9.67. The smallest absolute Gasteiger partial charge is 0.265 e. The van der Waals surface area contributed by atoms with Crippen molar-refractivity contribution in [2.75, 3.05) is 5.43 Å². The molecule has 3 heterocycles. The fourth-order valence-corrected chi connectivity index (χ4v) is 3.53. The van der Waals surface area contributed by atoms with Gasteiger partial charge in [0.15, 0.2) is 5.65 Å². The van der Waals surface area contributed by atoms with Gasteiger partial charge >= 0.3 is 0 Å². The van der Waals surface area contributed by atoms with E-state index in [1.807, 2.05) is 61.0 Å². The summed E-state index contributed by atoms with van der Waals surface area (Å²) in [6.45, 7) is 4.74. The molecule has 0 spiro atoms. The summed E-state index contributed by atoms with van der Waals surface area (Å²) >= 11 is 0. The van der Waals surface area contributed by atoms with Gasteiger partial charge in [0, 0.05) is 22.2 Å². The van der Waals surface area contributed by atoms with Crippen LogP contribution in [0, 0.1) is 13.8 Å². The molecule has 3 aromatic heterocycles. The monoisotopic (exact) mass is 396 g/mol. The van der Waals surface area contributed by atoms with E-state index in [4.69, 9.17) is 0 Å². The number of aryl methyl sites for hydroxylation is 1. The van der Waals surface area contributed by atoms with E-state index in [1.54, 1.807) is 6.21 Å². The van der Waals surface area contributed by atoms with Crippen LogP contribution >= 0.6 is 0 Å². The Kier molecular flexibility index (Phi) is 4.44. The molecule has 8 nitrogen and oxygen atoms in total. The Balaban J connectivity index is 1.36. The molecule has 0 fully saturated rings. The third-order valence-electron chi connectivity index (χ3n) is 5.09. The van der Waals surface area contributed by atoms with Crippen LogP contribution in [0.4, 0.5) is 5.95 Å². The van der Waals surface area contributed by atoms with Crippen molar-refractivity contribution in [3.63, 3.8) is 0 Å². The maximum Gasteiger partial charge on any atom is 0.265 e. The van der Waals surface area contributed by atoms with Gasteiger partial charge in [-0.3, -0.25) is 4.68 Å². The summed E-state index contributed by atoms with van der Waals surface area (Å²) in [5.74, 6) is 0.331. The fourth-order valence-electron chi connectivity index (χ4n) is 3.53. The molecule has 8 heteroatoms. The standard InChI is InChI=1S/C22H20N8/c1-14-18(15(2)30(29-14)13-16-8-4-3-5-9-16)12-23-27-22-25-21-20(26-28-22)17-10-6-7-11-19(17)24-21/h3-12H,13H2,1-2H3,(H2,24,25,27,28). The fraction of sp³-hybridized carbons (Fsp3) is 0.136. The SMILES string of the molecule is Cc1nn(Cc2ccccc2)c(C)c1C=NNc1nnc2c(n1)[nH]c1ccccc12. The molecule has 0 aliphatic heterocycles. The molecule has 0 radical (unpaired) electrons. The molecule has 2 N–H and O–H groups in total. The van der Waals surface area contributed by atoms with E-state index < -0.39 is 0 Å². The average Bonchev–Trinajstić information content (AvgIpc) is 3.26. The second-order valence-electron chi connectivity index (χ2n) is 7.10. The molecule has 148 valence electrons. The summed E-state index contributed by atoms with van der Waals surface area (Å²) in [5.41, 5.74) is 9.41. The van der Waals surface area contributed by atoms with Gasteiger partial charge in [0.05, 0.1) is 18.5 Å². The highest BCUT2D eigenvalue weighted by Gasteiger charge is 2.11. The molecule has 2 aromatic carbocycles. The minimum absolute atomic E-state index is 0.331. The van der Waals surface area contributed by atoms with Gasteiger partial charge in [-0.2, -0.15) is 15.2 Å². The van der Waals surface area contributed by atoms with Gasteiger partial charge in [-0.1, -0.05) is 48.5 Å². The number of benzene rings is 2. The minimum atomic E-state index is 0.331. The van der Waals surface area contributed by atoms with Crippen molar-refractivity contribution in [3.8, 4) is 0 Å². The van der Waals surface area contributed by atoms with E-state index in [0.717, 1.165) is 39.9 Å². The van der Waals surface area contributed by atoms with E-state index >= 15 is 0 Å². The second kappa shape index (κ2) is 7.40. The molecule has 0 amide bonds. The molecule has 0 atom stereocenters. The lowest BCUT2D eigenvalue weighted by Crippen LogP contribution is -2.04. The highest BCUT2D eigenvalue weighted by atomic mass is 15.4. The number of anilines is 1. The number of hydrogen-bond acceptors (Lipinski definition) is 6. The van der Waals surface area contributed by atoms with Crippen molar-refractivity contribution in [2.45, 2.75) is 20.4 Å². The third-order valence-corrected chi connectivity index (χ3v) is 5.09.